The van der Waals surface area contributed by atoms with Crippen molar-refractivity contribution in [3.63, 3.8) is 0 Å². The summed E-state index contributed by atoms with van der Waals surface area (Å²) < 4.78 is 27.8. The Balaban J connectivity index is 1.64. The Morgan fingerprint density at radius 3 is 2.56 bits per heavy atom. The van der Waals surface area contributed by atoms with Crippen LogP contribution in [0.3, 0.4) is 0 Å². The molecule has 0 N–H and O–H groups in total. The summed E-state index contributed by atoms with van der Waals surface area (Å²) in [5.74, 6) is 0.682. The number of nitrogens with zero attached hydrogens (tertiary/aromatic N) is 3. The summed E-state index contributed by atoms with van der Waals surface area (Å²) in [7, 11) is -3.53. The molecular weight excluding hydrogens is 358 g/mol. The Hall–Kier alpha value is -2.57. The van der Waals surface area contributed by atoms with Crippen molar-refractivity contribution in [1.29, 1.82) is 0 Å². The van der Waals surface area contributed by atoms with Crippen LogP contribution < -0.4 is 0 Å². The van der Waals surface area contributed by atoms with Gasteiger partial charge in [0.25, 0.3) is 0 Å². The molecule has 6 heteroatoms. The van der Waals surface area contributed by atoms with Crippen molar-refractivity contribution in [2.45, 2.75) is 31.2 Å². The van der Waals surface area contributed by atoms with Crippen molar-refractivity contribution in [3.8, 4) is 11.4 Å². The van der Waals surface area contributed by atoms with Crippen molar-refractivity contribution in [3.05, 3.63) is 77.6 Å². The molecule has 1 aromatic heterocycles. The molecule has 0 amide bonds. The second-order valence-electron chi connectivity index (χ2n) is 6.58. The number of fused-ring (bicyclic) bond motifs is 1. The second kappa shape index (κ2) is 7.21. The fourth-order valence-corrected chi connectivity index (χ4v) is 5.12. The van der Waals surface area contributed by atoms with Crippen molar-refractivity contribution >= 4 is 10.0 Å². The van der Waals surface area contributed by atoms with E-state index in [1.807, 2.05) is 49.4 Å². The standard InChI is InChI=1S/C21H21N3O2S/c1-2-16-8-6-7-11-20(16)27(25,26)24-13-12-19-18(15-24)14-22-21(23-19)17-9-4-3-5-10-17/h3-11,14H,2,12-13,15H2,1H3. The lowest BCUT2D eigenvalue weighted by Gasteiger charge is -2.28. The van der Waals surface area contributed by atoms with Gasteiger partial charge in [0.1, 0.15) is 0 Å². The maximum absolute atomic E-state index is 13.2. The molecule has 0 saturated carbocycles. The minimum Gasteiger partial charge on any atom is -0.236 e. The molecule has 2 aromatic carbocycles. The quantitative estimate of drug-likeness (QED) is 0.696. The first-order valence-electron chi connectivity index (χ1n) is 9.08. The van der Waals surface area contributed by atoms with E-state index in [0.717, 1.165) is 22.4 Å². The van der Waals surface area contributed by atoms with Gasteiger partial charge < -0.3 is 0 Å². The molecule has 0 atom stereocenters. The number of rotatable bonds is 4. The highest BCUT2D eigenvalue weighted by Gasteiger charge is 2.30. The van der Waals surface area contributed by atoms with E-state index in [2.05, 4.69) is 9.97 Å². The van der Waals surface area contributed by atoms with E-state index in [0.29, 0.717) is 36.7 Å². The number of sulfonamides is 1. The Morgan fingerprint density at radius 1 is 1.04 bits per heavy atom. The summed E-state index contributed by atoms with van der Waals surface area (Å²) in [6, 6.07) is 17.0. The third kappa shape index (κ3) is 3.38. The van der Waals surface area contributed by atoms with Crippen LogP contribution in [-0.2, 0) is 29.4 Å². The number of benzene rings is 2. The van der Waals surface area contributed by atoms with Gasteiger partial charge in [-0.25, -0.2) is 18.4 Å². The van der Waals surface area contributed by atoms with Crippen molar-refractivity contribution < 1.29 is 8.42 Å². The van der Waals surface area contributed by atoms with Gasteiger partial charge in [0.15, 0.2) is 5.82 Å². The molecule has 0 unspecified atom stereocenters. The summed E-state index contributed by atoms with van der Waals surface area (Å²) in [5, 5.41) is 0. The predicted molar refractivity (Wildman–Crippen MR) is 105 cm³/mol. The van der Waals surface area contributed by atoms with Crippen LogP contribution in [0.4, 0.5) is 0 Å². The molecule has 0 bridgehead atoms. The molecule has 2 heterocycles. The smallest absolute Gasteiger partial charge is 0.236 e. The fraction of sp³-hybridized carbons (Fsp3) is 0.238. The van der Waals surface area contributed by atoms with E-state index in [4.69, 9.17) is 0 Å². The van der Waals surface area contributed by atoms with Crippen LogP contribution in [0.25, 0.3) is 11.4 Å². The highest BCUT2D eigenvalue weighted by atomic mass is 32.2. The molecule has 1 aliphatic heterocycles. The van der Waals surface area contributed by atoms with E-state index >= 15 is 0 Å². The predicted octanol–water partition coefficient (Wildman–Crippen LogP) is 3.45. The fourth-order valence-electron chi connectivity index (χ4n) is 3.41. The summed E-state index contributed by atoms with van der Waals surface area (Å²) in [4.78, 5) is 9.53. The van der Waals surface area contributed by atoms with Crippen LogP contribution in [0.2, 0.25) is 0 Å². The zero-order chi connectivity index (χ0) is 18.9. The minimum absolute atomic E-state index is 0.310. The number of hydrogen-bond donors (Lipinski definition) is 0. The van der Waals surface area contributed by atoms with Crippen molar-refractivity contribution in [1.82, 2.24) is 14.3 Å². The summed E-state index contributed by atoms with van der Waals surface area (Å²) >= 11 is 0. The minimum atomic E-state index is -3.53. The first kappa shape index (κ1) is 17.8. The zero-order valence-corrected chi connectivity index (χ0v) is 16.0. The molecule has 0 spiro atoms. The van der Waals surface area contributed by atoms with Gasteiger partial charge in [-0.15, -0.1) is 0 Å². The molecule has 0 fully saturated rings. The van der Waals surface area contributed by atoms with Gasteiger partial charge in [0.2, 0.25) is 10.0 Å². The molecule has 1 aliphatic rings. The van der Waals surface area contributed by atoms with Crippen LogP contribution in [0.1, 0.15) is 23.7 Å². The molecule has 3 aromatic rings. The first-order chi connectivity index (χ1) is 13.1. The lowest BCUT2D eigenvalue weighted by atomic mass is 10.1. The van der Waals surface area contributed by atoms with Crippen LogP contribution in [-0.4, -0.2) is 29.2 Å². The van der Waals surface area contributed by atoms with E-state index < -0.39 is 10.0 Å². The summed E-state index contributed by atoms with van der Waals surface area (Å²) in [6.45, 7) is 2.71. The molecule has 0 aliphatic carbocycles. The van der Waals surface area contributed by atoms with Gasteiger partial charge >= 0.3 is 0 Å². The van der Waals surface area contributed by atoms with Gasteiger partial charge in [-0.05, 0) is 18.1 Å². The zero-order valence-electron chi connectivity index (χ0n) is 15.2. The molecule has 4 rings (SSSR count). The SMILES string of the molecule is CCc1ccccc1S(=O)(=O)N1CCc2nc(-c3ccccc3)ncc2C1. The van der Waals surface area contributed by atoms with E-state index in [1.54, 1.807) is 18.3 Å². The van der Waals surface area contributed by atoms with Crippen molar-refractivity contribution in [2.75, 3.05) is 6.54 Å². The largest absolute Gasteiger partial charge is 0.243 e. The number of aromatic nitrogens is 2. The maximum Gasteiger partial charge on any atom is 0.243 e. The highest BCUT2D eigenvalue weighted by molar-refractivity contribution is 7.89. The van der Waals surface area contributed by atoms with Crippen LogP contribution >= 0.6 is 0 Å². The third-order valence-electron chi connectivity index (χ3n) is 4.90. The Labute approximate surface area is 159 Å². The Bertz CT molecular complexity index is 1070. The monoisotopic (exact) mass is 379 g/mol. The lowest BCUT2D eigenvalue weighted by Crippen LogP contribution is -2.37. The molecular formula is C21H21N3O2S. The van der Waals surface area contributed by atoms with E-state index in [-0.39, 0.29) is 0 Å². The van der Waals surface area contributed by atoms with Gasteiger partial charge in [-0.2, -0.15) is 4.31 Å². The van der Waals surface area contributed by atoms with Gasteiger partial charge in [-0.3, -0.25) is 0 Å². The van der Waals surface area contributed by atoms with Gasteiger partial charge in [0, 0.05) is 36.8 Å². The molecule has 0 radical (unpaired) electrons. The Morgan fingerprint density at radius 2 is 1.78 bits per heavy atom. The van der Waals surface area contributed by atoms with Crippen LogP contribution in [0, 0.1) is 0 Å². The normalized spacial score (nSPS) is 14.7. The highest BCUT2D eigenvalue weighted by Crippen LogP contribution is 2.27. The topological polar surface area (TPSA) is 63.2 Å². The average Bonchev–Trinajstić information content (AvgIpc) is 2.73. The van der Waals surface area contributed by atoms with Gasteiger partial charge in [0.05, 0.1) is 10.6 Å². The first-order valence-corrected chi connectivity index (χ1v) is 10.5. The summed E-state index contributed by atoms with van der Waals surface area (Å²) in [6.07, 6.45) is 3.03. The van der Waals surface area contributed by atoms with E-state index in [9.17, 15) is 8.42 Å². The molecule has 138 valence electrons. The third-order valence-corrected chi connectivity index (χ3v) is 6.85. The Kier molecular flexibility index (Phi) is 4.76. The number of hydrogen-bond acceptors (Lipinski definition) is 4. The van der Waals surface area contributed by atoms with Crippen molar-refractivity contribution in [2.24, 2.45) is 0 Å². The van der Waals surface area contributed by atoms with Gasteiger partial charge in [-0.1, -0.05) is 55.5 Å². The maximum atomic E-state index is 13.2. The lowest BCUT2D eigenvalue weighted by molar-refractivity contribution is 0.386. The summed E-state index contributed by atoms with van der Waals surface area (Å²) in [5.41, 5.74) is 3.61. The van der Waals surface area contributed by atoms with E-state index in [1.165, 1.54) is 4.31 Å². The van der Waals surface area contributed by atoms with Crippen LogP contribution in [0.15, 0.2) is 65.7 Å². The molecule has 27 heavy (non-hydrogen) atoms. The molecule has 0 saturated heterocycles. The average molecular weight is 379 g/mol. The van der Waals surface area contributed by atoms with Crippen LogP contribution in [0.5, 0.6) is 0 Å². The molecule has 5 nitrogen and oxygen atoms in total. The number of aryl methyl sites for hydroxylation is 1. The second-order valence-corrected chi connectivity index (χ2v) is 8.49.